The van der Waals surface area contributed by atoms with E-state index in [2.05, 4.69) is 20.0 Å². The van der Waals surface area contributed by atoms with E-state index in [4.69, 9.17) is 0 Å². The molecule has 0 N–H and O–H groups in total. The molecule has 322 valence electrons. The first-order chi connectivity index (χ1) is 30.3. The molecule has 20 heteroatoms. The molecule has 2 aliphatic rings. The van der Waals surface area contributed by atoms with Crippen LogP contribution in [0.1, 0.15) is 68.1 Å². The summed E-state index contributed by atoms with van der Waals surface area (Å²) >= 11 is 0. The predicted octanol–water partition coefficient (Wildman–Crippen LogP) is 5.77. The maximum atomic E-state index is 14.5. The molecular weight excluding hydrogens is 817 g/mol. The molecule has 20 nitrogen and oxygen atoms in total. The van der Waals surface area contributed by atoms with E-state index in [1.807, 2.05) is 0 Å². The first-order valence-electron chi connectivity index (χ1n) is 20.0. The Bertz CT molecular complexity index is 2800. The van der Waals surface area contributed by atoms with Gasteiger partial charge in [-0.25, -0.2) is 66.5 Å². The number of quaternary nitrogens is 1. The van der Waals surface area contributed by atoms with E-state index in [0.717, 1.165) is 23.5 Å². The van der Waals surface area contributed by atoms with Gasteiger partial charge < -0.3 is 0 Å². The van der Waals surface area contributed by atoms with Crippen LogP contribution in [0, 0.1) is 20.8 Å². The SMILES string of the molecule is Cc1ccc(N2C(=O)N(CCCCCCn3c(=O)n(-c4ccc(C)c(N=C=O)c4)c(=O)n(-c4ccc(C)c(N=C=O)c4)c3=O)C(=O)[N+]3(CCCCCC3N=C=O)C2=O)cc1N=C=O. The van der Waals surface area contributed by atoms with Gasteiger partial charge in [-0.3, -0.25) is 0 Å². The summed E-state index contributed by atoms with van der Waals surface area (Å²) in [7, 11) is 0. The van der Waals surface area contributed by atoms with E-state index < -0.39 is 45.8 Å². The van der Waals surface area contributed by atoms with Gasteiger partial charge >= 0.3 is 35.2 Å². The average molecular weight is 858 g/mol. The number of carbonyl (C=O) groups is 3. The number of imide groups is 3. The number of benzene rings is 3. The van der Waals surface area contributed by atoms with E-state index >= 15 is 0 Å². The minimum Gasteiger partial charge on any atom is -0.247 e. The van der Waals surface area contributed by atoms with Crippen molar-refractivity contribution in [1.82, 2.24) is 18.6 Å². The molecule has 2 atom stereocenters. The van der Waals surface area contributed by atoms with E-state index in [1.165, 1.54) is 60.7 Å². The van der Waals surface area contributed by atoms with Gasteiger partial charge in [-0.05, 0) is 106 Å². The van der Waals surface area contributed by atoms with Crippen molar-refractivity contribution >= 4 is 65.2 Å². The topological polar surface area (TPSA) is 241 Å². The summed E-state index contributed by atoms with van der Waals surface area (Å²) < 4.78 is 1.46. The summed E-state index contributed by atoms with van der Waals surface area (Å²) in [5.41, 5.74) is -0.811. The van der Waals surface area contributed by atoms with Crippen LogP contribution in [0.25, 0.3) is 11.4 Å². The van der Waals surface area contributed by atoms with Crippen molar-refractivity contribution in [3.63, 3.8) is 0 Å². The molecule has 2 fully saturated rings. The Kier molecular flexibility index (Phi) is 13.7. The molecule has 6 rings (SSSR count). The number of nitrogens with zero attached hydrogens (tertiary/aromatic N) is 10. The van der Waals surface area contributed by atoms with Crippen molar-refractivity contribution in [2.45, 2.75) is 84.8 Å². The van der Waals surface area contributed by atoms with Crippen LogP contribution in [0.4, 0.5) is 37.1 Å². The minimum atomic E-state index is -1.14. The van der Waals surface area contributed by atoms with E-state index in [9.17, 15) is 47.9 Å². The van der Waals surface area contributed by atoms with Gasteiger partial charge in [-0.2, -0.15) is 19.9 Å². The fourth-order valence-electron chi connectivity index (χ4n) is 7.91. The number of hydrogen-bond donors (Lipinski definition) is 0. The van der Waals surface area contributed by atoms with Gasteiger partial charge in [0.15, 0.2) is 0 Å². The number of rotatable bonds is 14. The lowest BCUT2D eigenvalue weighted by atomic mass is 10.1. The van der Waals surface area contributed by atoms with Crippen LogP contribution in [0.15, 0.2) is 89.0 Å². The standard InChI is InChI=1S/C43H41N10O10/c1-28-12-15-31(21-34(28)44-24-54)50-38(58)48(39(59)51(41(50)61)32-16-13-29(2)35(22-32)45-25-55)18-8-4-5-9-19-49-40(60)52(33-17-14-30(3)36(23-33)46-26-56)43(63)53(42(49)62)20-10-6-7-11-37(53)47-27-57/h12-17,21-23,37H,4-11,18-20H2,1-3H3/q+1. The number of unbranched alkanes of at least 4 members (excludes halogenated alkanes) is 3. The second kappa shape index (κ2) is 19.3. The second-order valence-electron chi connectivity index (χ2n) is 15.1. The van der Waals surface area contributed by atoms with Crippen LogP contribution >= 0.6 is 0 Å². The third kappa shape index (κ3) is 8.57. The van der Waals surface area contributed by atoms with Crippen LogP contribution in [-0.2, 0) is 25.7 Å². The number of anilines is 1. The zero-order chi connectivity index (χ0) is 45.4. The molecule has 3 heterocycles. The number of hydrogen-bond acceptors (Lipinski definition) is 14. The van der Waals surface area contributed by atoms with Crippen LogP contribution in [-0.4, -0.2) is 84.8 Å². The quantitative estimate of drug-likeness (QED) is 0.0641. The van der Waals surface area contributed by atoms with Gasteiger partial charge in [0.1, 0.15) is 0 Å². The summed E-state index contributed by atoms with van der Waals surface area (Å²) in [6.07, 6.45) is 7.72. The van der Waals surface area contributed by atoms with Crippen molar-refractivity contribution in [3.05, 3.63) is 103 Å². The van der Waals surface area contributed by atoms with Gasteiger partial charge in [0.05, 0.1) is 40.7 Å². The zero-order valence-electron chi connectivity index (χ0n) is 34.6. The predicted molar refractivity (Wildman–Crippen MR) is 225 cm³/mol. The number of amides is 6. The third-order valence-corrected chi connectivity index (χ3v) is 11.3. The lowest BCUT2D eigenvalue weighted by Gasteiger charge is -2.44. The van der Waals surface area contributed by atoms with Crippen LogP contribution in [0.2, 0.25) is 0 Å². The van der Waals surface area contributed by atoms with Gasteiger partial charge in [-0.15, -0.1) is 9.48 Å². The molecule has 6 amide bonds. The highest BCUT2D eigenvalue weighted by Gasteiger charge is 2.63. The summed E-state index contributed by atoms with van der Waals surface area (Å²) in [4.78, 5) is 147. The van der Waals surface area contributed by atoms with Crippen molar-refractivity contribution in [1.29, 1.82) is 0 Å². The summed E-state index contributed by atoms with van der Waals surface area (Å²) in [5.74, 6) is 0. The number of aliphatic imine (C=N–C) groups is 4. The highest BCUT2D eigenvalue weighted by atomic mass is 16.2. The number of urea groups is 3. The third-order valence-electron chi connectivity index (χ3n) is 11.3. The molecule has 63 heavy (non-hydrogen) atoms. The highest BCUT2D eigenvalue weighted by Crippen LogP contribution is 2.37. The van der Waals surface area contributed by atoms with E-state index in [1.54, 1.807) is 39.0 Å². The fraction of sp³-hybridized carbons (Fsp3) is 0.349. The molecule has 0 bridgehead atoms. The molecule has 2 saturated heterocycles. The monoisotopic (exact) mass is 857 g/mol. The molecule has 2 aliphatic heterocycles. The van der Waals surface area contributed by atoms with Crippen molar-refractivity contribution in [3.8, 4) is 11.4 Å². The molecule has 2 unspecified atom stereocenters. The maximum Gasteiger partial charge on any atom is 0.442 e. The van der Waals surface area contributed by atoms with E-state index in [-0.39, 0.29) is 73.0 Å². The largest absolute Gasteiger partial charge is 0.442 e. The van der Waals surface area contributed by atoms with Gasteiger partial charge in [0, 0.05) is 19.5 Å². The average Bonchev–Trinajstić information content (AvgIpc) is 3.47. The fourth-order valence-corrected chi connectivity index (χ4v) is 7.91. The molecule has 0 radical (unpaired) electrons. The summed E-state index contributed by atoms with van der Waals surface area (Å²) in [5, 5.41) is 0. The lowest BCUT2D eigenvalue weighted by Crippen LogP contribution is -2.76. The molecule has 1 aromatic heterocycles. The Morgan fingerprint density at radius 3 is 1.57 bits per heavy atom. The van der Waals surface area contributed by atoms with Crippen molar-refractivity contribution in [2.24, 2.45) is 20.0 Å². The normalized spacial score (nSPS) is 17.3. The Labute approximate surface area is 358 Å². The van der Waals surface area contributed by atoms with E-state index in [0.29, 0.717) is 48.8 Å². The summed E-state index contributed by atoms with van der Waals surface area (Å²) in [6.45, 7) is 4.64. The van der Waals surface area contributed by atoms with Crippen LogP contribution in [0.3, 0.4) is 0 Å². The second-order valence-corrected chi connectivity index (χ2v) is 15.1. The molecule has 4 aromatic rings. The Morgan fingerprint density at radius 1 is 0.571 bits per heavy atom. The van der Waals surface area contributed by atoms with Gasteiger partial charge in [0.2, 0.25) is 30.5 Å². The number of aryl methyl sites for hydroxylation is 3. The van der Waals surface area contributed by atoms with Crippen LogP contribution < -0.4 is 22.0 Å². The first-order valence-corrected chi connectivity index (χ1v) is 20.0. The number of carbonyl (C=O) groups excluding carboxylic acids is 7. The number of aromatic nitrogens is 3. The van der Waals surface area contributed by atoms with Crippen molar-refractivity contribution in [2.75, 3.05) is 18.0 Å². The number of isocyanates is 4. The summed E-state index contributed by atoms with van der Waals surface area (Å²) in [6, 6.07) is 10.4. The first kappa shape index (κ1) is 44.7. The highest BCUT2D eigenvalue weighted by molar-refractivity contribution is 6.20. The minimum absolute atomic E-state index is 0.0120. The molecule has 1 spiro atoms. The molecular formula is C43H41N10O10+. The Hall–Kier alpha value is -7.84. The molecule has 0 aliphatic carbocycles. The lowest BCUT2D eigenvalue weighted by molar-refractivity contribution is -0.798. The Balaban J connectivity index is 1.30. The van der Waals surface area contributed by atoms with Crippen molar-refractivity contribution < 1.29 is 38.0 Å². The van der Waals surface area contributed by atoms with Crippen LogP contribution in [0.5, 0.6) is 0 Å². The molecule has 3 aromatic carbocycles. The zero-order valence-corrected chi connectivity index (χ0v) is 34.6. The van der Waals surface area contributed by atoms with Gasteiger partial charge in [-0.1, -0.05) is 31.0 Å². The smallest absolute Gasteiger partial charge is 0.247 e. The van der Waals surface area contributed by atoms with Gasteiger partial charge in [0.25, 0.3) is 0 Å². The molecule has 0 saturated carbocycles. The Morgan fingerprint density at radius 2 is 1.06 bits per heavy atom. The maximum absolute atomic E-state index is 14.5.